The molecule has 5 nitrogen and oxygen atoms in total. The maximum absolute atomic E-state index is 11.7. The van der Waals surface area contributed by atoms with Gasteiger partial charge in [-0.05, 0) is 29.9 Å². The number of carbonyl (C=O) groups excluding carboxylic acids is 2. The molecular weight excluding hydrogens is 456 g/mol. The number of aryl methyl sites for hydroxylation is 1. The second-order valence-corrected chi connectivity index (χ2v) is 8.49. The summed E-state index contributed by atoms with van der Waals surface area (Å²) in [4.78, 5) is 23.3. The summed E-state index contributed by atoms with van der Waals surface area (Å²) >= 11 is 11.3. The molecule has 0 aromatic heterocycles. The van der Waals surface area contributed by atoms with Crippen LogP contribution in [0.3, 0.4) is 0 Å². The number of thioether (sulfide) groups is 1. The Bertz CT molecular complexity index is 714. The summed E-state index contributed by atoms with van der Waals surface area (Å²) in [5, 5.41) is 1.34. The van der Waals surface area contributed by atoms with Crippen LogP contribution in [-0.2, 0) is 29.1 Å². The predicted molar refractivity (Wildman–Crippen MR) is 110 cm³/mol. The molecule has 0 amide bonds. The lowest BCUT2D eigenvalue weighted by atomic mass is 9.86. The first-order valence-corrected chi connectivity index (χ1v) is 11.4. The molecule has 1 fully saturated rings. The number of esters is 2. The number of alkyl halides is 1. The van der Waals surface area contributed by atoms with E-state index in [0.717, 1.165) is 21.7 Å². The van der Waals surface area contributed by atoms with Gasteiger partial charge in [0, 0.05) is 30.1 Å². The van der Waals surface area contributed by atoms with E-state index in [1.54, 1.807) is 0 Å². The quantitative estimate of drug-likeness (QED) is 0.446. The van der Waals surface area contributed by atoms with Crippen molar-refractivity contribution in [2.45, 2.75) is 56.8 Å². The van der Waals surface area contributed by atoms with Crippen molar-refractivity contribution in [3.05, 3.63) is 33.8 Å². The van der Waals surface area contributed by atoms with Crippen molar-refractivity contribution in [3.63, 3.8) is 0 Å². The van der Waals surface area contributed by atoms with Crippen LogP contribution < -0.4 is 0 Å². The molecule has 0 N–H and O–H groups in total. The lowest BCUT2D eigenvalue weighted by Gasteiger charge is -2.44. The fraction of sp³-hybridized carbons (Fsp3) is 0.579. The van der Waals surface area contributed by atoms with Crippen molar-refractivity contribution >= 4 is 51.2 Å². The normalized spacial score (nSPS) is 27.9. The van der Waals surface area contributed by atoms with Crippen LogP contribution in [0.1, 0.15) is 43.6 Å². The minimum absolute atomic E-state index is 0.217. The molecule has 0 spiro atoms. The zero-order valence-electron chi connectivity index (χ0n) is 16.0. The number of halogens is 2. The number of benzene rings is 1. The van der Waals surface area contributed by atoms with Gasteiger partial charge in [-0.1, -0.05) is 46.6 Å². The second kappa shape index (κ2) is 9.63. The van der Waals surface area contributed by atoms with Gasteiger partial charge in [0.05, 0.1) is 6.10 Å². The Hall–Kier alpha value is -0.760. The van der Waals surface area contributed by atoms with Gasteiger partial charge in [0.2, 0.25) is 0 Å². The molecule has 1 aromatic carbocycles. The first-order chi connectivity index (χ1) is 12.7. The largest absolute Gasteiger partial charge is 0.458 e. The molecule has 150 valence electrons. The van der Waals surface area contributed by atoms with Crippen LogP contribution in [0.15, 0.2) is 12.1 Å². The Labute approximate surface area is 177 Å². The first kappa shape index (κ1) is 22.5. The molecule has 5 atom stereocenters. The van der Waals surface area contributed by atoms with Crippen molar-refractivity contribution in [2.75, 3.05) is 6.26 Å². The molecule has 0 radical (unpaired) electrons. The van der Waals surface area contributed by atoms with Crippen LogP contribution in [0.25, 0.3) is 0 Å². The third kappa shape index (κ3) is 5.19. The Kier molecular flexibility index (Phi) is 8.04. The van der Waals surface area contributed by atoms with Crippen LogP contribution in [0.4, 0.5) is 0 Å². The van der Waals surface area contributed by atoms with Gasteiger partial charge < -0.3 is 14.2 Å². The Morgan fingerprint density at radius 3 is 2.33 bits per heavy atom. The van der Waals surface area contributed by atoms with E-state index in [9.17, 15) is 9.59 Å². The number of ether oxygens (including phenoxy) is 3. The van der Waals surface area contributed by atoms with E-state index in [0.29, 0.717) is 5.33 Å². The number of hydrogen-bond donors (Lipinski definition) is 0. The van der Waals surface area contributed by atoms with E-state index >= 15 is 0 Å². The maximum atomic E-state index is 11.7. The third-order valence-corrected chi connectivity index (χ3v) is 6.52. The molecule has 1 aliphatic rings. The van der Waals surface area contributed by atoms with Crippen molar-refractivity contribution in [1.29, 1.82) is 0 Å². The van der Waals surface area contributed by atoms with Crippen molar-refractivity contribution < 1.29 is 23.8 Å². The predicted octanol–water partition coefficient (Wildman–Crippen LogP) is 4.80. The number of rotatable bonds is 5. The van der Waals surface area contributed by atoms with Crippen LogP contribution in [0.2, 0.25) is 5.02 Å². The van der Waals surface area contributed by atoms with E-state index in [-0.39, 0.29) is 12.0 Å². The highest BCUT2D eigenvalue weighted by molar-refractivity contribution is 9.08. The highest BCUT2D eigenvalue weighted by atomic mass is 79.9. The fourth-order valence-corrected chi connectivity index (χ4v) is 4.85. The molecule has 1 saturated heterocycles. The lowest BCUT2D eigenvalue weighted by molar-refractivity contribution is -0.208. The Morgan fingerprint density at radius 1 is 1.22 bits per heavy atom. The van der Waals surface area contributed by atoms with Gasteiger partial charge >= 0.3 is 11.9 Å². The van der Waals surface area contributed by atoms with Crippen molar-refractivity contribution in [2.24, 2.45) is 5.92 Å². The van der Waals surface area contributed by atoms with Gasteiger partial charge in [0.1, 0.15) is 11.5 Å². The summed E-state index contributed by atoms with van der Waals surface area (Å²) in [7, 11) is 0. The average Bonchev–Trinajstić information content (AvgIpc) is 2.60. The molecule has 1 aliphatic heterocycles. The minimum atomic E-state index is -0.670. The monoisotopic (exact) mass is 478 g/mol. The van der Waals surface area contributed by atoms with Gasteiger partial charge in [-0.3, -0.25) is 9.59 Å². The van der Waals surface area contributed by atoms with E-state index in [2.05, 4.69) is 15.9 Å². The van der Waals surface area contributed by atoms with E-state index in [1.165, 1.54) is 25.6 Å². The summed E-state index contributed by atoms with van der Waals surface area (Å²) in [5.74, 6) is -1.07. The van der Waals surface area contributed by atoms with E-state index in [4.69, 9.17) is 25.8 Å². The molecule has 0 aliphatic carbocycles. The summed E-state index contributed by atoms with van der Waals surface area (Å²) in [6.45, 7) is 6.57. The van der Waals surface area contributed by atoms with Gasteiger partial charge in [0.25, 0.3) is 0 Å². The third-order valence-electron chi connectivity index (χ3n) is 4.53. The molecule has 27 heavy (non-hydrogen) atoms. The average molecular weight is 480 g/mol. The molecule has 1 aromatic rings. The van der Waals surface area contributed by atoms with Gasteiger partial charge in [-0.25, -0.2) is 0 Å². The van der Waals surface area contributed by atoms with E-state index in [1.807, 2.05) is 32.2 Å². The van der Waals surface area contributed by atoms with Gasteiger partial charge in [0.15, 0.2) is 6.10 Å². The molecule has 0 saturated carbocycles. The molecular formula is C19H24BrClO5S. The Morgan fingerprint density at radius 2 is 1.81 bits per heavy atom. The van der Waals surface area contributed by atoms with Crippen LogP contribution >= 0.6 is 39.3 Å². The molecule has 0 unspecified atom stereocenters. The van der Waals surface area contributed by atoms with Gasteiger partial charge in [-0.2, -0.15) is 0 Å². The lowest BCUT2D eigenvalue weighted by Crippen LogP contribution is -2.52. The molecule has 8 heteroatoms. The summed E-state index contributed by atoms with van der Waals surface area (Å²) in [5.41, 5.74) is 2.42. The summed E-state index contributed by atoms with van der Waals surface area (Å²) < 4.78 is 17.3. The summed E-state index contributed by atoms with van der Waals surface area (Å²) in [6.07, 6.45) is 0.269. The zero-order chi connectivity index (χ0) is 20.3. The highest BCUT2D eigenvalue weighted by Gasteiger charge is 2.48. The smallest absolute Gasteiger partial charge is 0.303 e. The van der Waals surface area contributed by atoms with Crippen molar-refractivity contribution in [1.82, 2.24) is 0 Å². The van der Waals surface area contributed by atoms with Gasteiger partial charge in [-0.15, -0.1) is 11.8 Å². The van der Waals surface area contributed by atoms with Crippen LogP contribution in [0, 0.1) is 12.8 Å². The minimum Gasteiger partial charge on any atom is -0.458 e. The SMILES string of the molecule is CS[C@H]1O[C@@H](c2cc(C)c(Cl)c(CBr)c2)[C@H](C)[C@@H](OC(C)=O)[C@@H]1OC(C)=O. The molecule has 2 rings (SSSR count). The standard InChI is InChI=1S/C19H24BrClO5S/c1-9-6-13(7-14(8-20)15(9)21)16-10(2)17(24-11(3)22)18(25-12(4)23)19(26-16)27-5/h6-7,10,16-19H,8H2,1-5H3/t10-,16+,17+,18-,19+/m0/s1. The fourth-order valence-electron chi connectivity index (χ4n) is 3.36. The maximum Gasteiger partial charge on any atom is 0.303 e. The topological polar surface area (TPSA) is 61.8 Å². The highest BCUT2D eigenvalue weighted by Crippen LogP contribution is 2.43. The van der Waals surface area contributed by atoms with Crippen LogP contribution in [-0.4, -0.2) is 35.8 Å². The van der Waals surface area contributed by atoms with Crippen LogP contribution in [0.5, 0.6) is 0 Å². The Balaban J connectivity index is 2.45. The molecule has 0 bridgehead atoms. The van der Waals surface area contributed by atoms with Crippen molar-refractivity contribution in [3.8, 4) is 0 Å². The summed E-state index contributed by atoms with van der Waals surface area (Å²) in [6, 6.07) is 3.99. The number of carbonyl (C=O) groups is 2. The number of hydrogen-bond acceptors (Lipinski definition) is 6. The molecule has 1 heterocycles. The van der Waals surface area contributed by atoms with E-state index < -0.39 is 29.6 Å². The zero-order valence-corrected chi connectivity index (χ0v) is 19.1. The second-order valence-electron chi connectivity index (χ2n) is 6.61. The first-order valence-electron chi connectivity index (χ1n) is 8.57.